The van der Waals surface area contributed by atoms with Crippen LogP contribution in [0.5, 0.6) is 0 Å². The van der Waals surface area contributed by atoms with Crippen LogP contribution in [0, 0.1) is 11.3 Å². The van der Waals surface area contributed by atoms with E-state index in [1.54, 1.807) is 0 Å². The van der Waals surface area contributed by atoms with Crippen molar-refractivity contribution in [2.45, 2.75) is 19.8 Å². The molecule has 0 saturated heterocycles. The minimum absolute atomic E-state index is 0.00454. The second-order valence-electron chi connectivity index (χ2n) is 4.59. The Balaban J connectivity index is 2.28. The van der Waals surface area contributed by atoms with Gasteiger partial charge in [0.1, 0.15) is 0 Å². The van der Waals surface area contributed by atoms with Gasteiger partial charge in [-0.1, -0.05) is 44.2 Å². The van der Waals surface area contributed by atoms with Gasteiger partial charge in [-0.05, 0) is 11.0 Å². The van der Waals surface area contributed by atoms with E-state index in [2.05, 4.69) is 26.0 Å². The lowest BCUT2D eigenvalue weighted by atomic mass is 10.0. The third-order valence-corrected chi connectivity index (χ3v) is 3.29. The lowest BCUT2D eigenvalue weighted by Crippen LogP contribution is -2.16. The van der Waals surface area contributed by atoms with Gasteiger partial charge in [-0.2, -0.15) is 0 Å². The molecule has 1 saturated carbocycles. The molecule has 0 bridgehead atoms. The number of carbonyl (C=O) groups excluding carboxylic acids is 1. The van der Waals surface area contributed by atoms with E-state index in [0.29, 0.717) is 5.92 Å². The van der Waals surface area contributed by atoms with Crippen LogP contribution in [0.4, 0.5) is 0 Å². The van der Waals surface area contributed by atoms with Crippen LogP contribution < -0.4 is 5.73 Å². The Morgan fingerprint density at radius 3 is 2.29 bits per heavy atom. The standard InChI is InChI=1S/C12H15NO/c1-12(2)9(10(12)11(13)14)8-6-4-3-5-7-8/h3-7,9-10H,1-2H3,(H2,13,14). The molecule has 0 spiro atoms. The summed E-state index contributed by atoms with van der Waals surface area (Å²) in [5.41, 5.74) is 6.62. The highest BCUT2D eigenvalue weighted by Crippen LogP contribution is 2.64. The first-order valence-corrected chi connectivity index (χ1v) is 4.89. The Bertz CT molecular complexity index is 356. The molecule has 1 amide bonds. The maximum absolute atomic E-state index is 11.2. The number of hydrogen-bond acceptors (Lipinski definition) is 1. The topological polar surface area (TPSA) is 43.1 Å². The minimum atomic E-state index is -0.177. The highest BCUT2D eigenvalue weighted by atomic mass is 16.1. The zero-order valence-corrected chi connectivity index (χ0v) is 8.53. The number of rotatable bonds is 2. The van der Waals surface area contributed by atoms with E-state index >= 15 is 0 Å². The Hall–Kier alpha value is -1.31. The summed E-state index contributed by atoms with van der Waals surface area (Å²) in [5, 5.41) is 0. The van der Waals surface area contributed by atoms with Gasteiger partial charge in [0, 0.05) is 5.92 Å². The molecule has 2 unspecified atom stereocenters. The second kappa shape index (κ2) is 2.84. The van der Waals surface area contributed by atoms with Crippen molar-refractivity contribution in [3.05, 3.63) is 35.9 Å². The molecule has 74 valence electrons. The Morgan fingerprint density at radius 2 is 1.86 bits per heavy atom. The minimum Gasteiger partial charge on any atom is -0.369 e. The number of hydrogen-bond donors (Lipinski definition) is 1. The largest absolute Gasteiger partial charge is 0.369 e. The summed E-state index contributed by atoms with van der Waals surface area (Å²) in [6, 6.07) is 10.1. The summed E-state index contributed by atoms with van der Waals surface area (Å²) < 4.78 is 0. The first-order chi connectivity index (χ1) is 6.55. The van der Waals surface area contributed by atoms with Crippen LogP contribution in [0.2, 0.25) is 0 Å². The van der Waals surface area contributed by atoms with E-state index in [4.69, 9.17) is 5.73 Å². The number of nitrogens with two attached hydrogens (primary N) is 1. The van der Waals surface area contributed by atoms with E-state index in [1.165, 1.54) is 5.56 Å². The predicted octanol–water partition coefficient (Wildman–Crippen LogP) is 1.91. The molecule has 0 aromatic heterocycles. The molecular weight excluding hydrogens is 174 g/mol. The molecule has 0 heterocycles. The van der Waals surface area contributed by atoms with E-state index in [1.807, 2.05) is 18.2 Å². The molecule has 1 aromatic rings. The van der Waals surface area contributed by atoms with E-state index in [0.717, 1.165) is 0 Å². The fourth-order valence-corrected chi connectivity index (χ4v) is 2.45. The molecule has 2 rings (SSSR count). The van der Waals surface area contributed by atoms with Gasteiger partial charge >= 0.3 is 0 Å². The molecule has 1 aliphatic rings. The van der Waals surface area contributed by atoms with Crippen LogP contribution in [0.15, 0.2) is 30.3 Å². The smallest absolute Gasteiger partial charge is 0.221 e. The number of amides is 1. The third kappa shape index (κ3) is 1.22. The fourth-order valence-electron chi connectivity index (χ4n) is 2.45. The maximum atomic E-state index is 11.2. The highest BCUT2D eigenvalue weighted by Gasteiger charge is 2.61. The van der Waals surface area contributed by atoms with E-state index in [-0.39, 0.29) is 17.2 Å². The van der Waals surface area contributed by atoms with Gasteiger partial charge in [0.05, 0.1) is 5.92 Å². The number of benzene rings is 1. The van der Waals surface area contributed by atoms with Crippen molar-refractivity contribution in [1.29, 1.82) is 0 Å². The molecular formula is C12H15NO. The van der Waals surface area contributed by atoms with Gasteiger partial charge in [-0.25, -0.2) is 0 Å². The van der Waals surface area contributed by atoms with Gasteiger partial charge in [-0.15, -0.1) is 0 Å². The van der Waals surface area contributed by atoms with Crippen LogP contribution in [-0.2, 0) is 4.79 Å². The first kappa shape index (κ1) is 9.25. The number of primary amides is 1. The zero-order valence-electron chi connectivity index (χ0n) is 8.53. The normalized spacial score (nSPS) is 28.4. The lowest BCUT2D eigenvalue weighted by Gasteiger charge is -2.01. The van der Waals surface area contributed by atoms with Gasteiger partial charge in [-0.3, -0.25) is 4.79 Å². The monoisotopic (exact) mass is 189 g/mol. The van der Waals surface area contributed by atoms with Gasteiger partial charge in [0.25, 0.3) is 0 Å². The molecule has 1 aliphatic carbocycles. The molecule has 1 fully saturated rings. The van der Waals surface area contributed by atoms with Crippen LogP contribution in [0.3, 0.4) is 0 Å². The lowest BCUT2D eigenvalue weighted by molar-refractivity contribution is -0.119. The van der Waals surface area contributed by atoms with Gasteiger partial charge in [0.2, 0.25) is 5.91 Å². The average molecular weight is 189 g/mol. The van der Waals surface area contributed by atoms with Crippen molar-refractivity contribution in [2.75, 3.05) is 0 Å². The molecule has 2 heteroatoms. The zero-order chi connectivity index (χ0) is 10.3. The van der Waals surface area contributed by atoms with Crippen molar-refractivity contribution in [1.82, 2.24) is 0 Å². The Labute approximate surface area is 84.1 Å². The Kier molecular flexibility index (Phi) is 1.88. The molecule has 0 aliphatic heterocycles. The summed E-state index contributed by atoms with van der Waals surface area (Å²) in [6.07, 6.45) is 0. The maximum Gasteiger partial charge on any atom is 0.221 e. The van der Waals surface area contributed by atoms with Crippen LogP contribution in [-0.4, -0.2) is 5.91 Å². The summed E-state index contributed by atoms with van der Waals surface area (Å²) in [7, 11) is 0. The molecule has 0 radical (unpaired) electrons. The van der Waals surface area contributed by atoms with E-state index < -0.39 is 0 Å². The molecule has 1 aromatic carbocycles. The van der Waals surface area contributed by atoms with Crippen molar-refractivity contribution < 1.29 is 4.79 Å². The summed E-state index contributed by atoms with van der Waals surface area (Å²) >= 11 is 0. The van der Waals surface area contributed by atoms with Crippen LogP contribution in [0.25, 0.3) is 0 Å². The Morgan fingerprint density at radius 1 is 1.29 bits per heavy atom. The predicted molar refractivity (Wildman–Crippen MR) is 55.6 cm³/mol. The molecule has 14 heavy (non-hydrogen) atoms. The summed E-state index contributed by atoms with van der Waals surface area (Å²) in [4.78, 5) is 11.2. The molecule has 2 N–H and O–H groups in total. The SMILES string of the molecule is CC1(C)C(C(N)=O)C1c1ccccc1. The van der Waals surface area contributed by atoms with Gasteiger partial charge in [0.15, 0.2) is 0 Å². The second-order valence-corrected chi connectivity index (χ2v) is 4.59. The van der Waals surface area contributed by atoms with Gasteiger partial charge < -0.3 is 5.73 Å². The highest BCUT2D eigenvalue weighted by molar-refractivity contribution is 5.83. The number of carbonyl (C=O) groups is 1. The van der Waals surface area contributed by atoms with E-state index in [9.17, 15) is 4.79 Å². The van der Waals surface area contributed by atoms with Crippen LogP contribution in [0.1, 0.15) is 25.3 Å². The van der Waals surface area contributed by atoms with Crippen molar-refractivity contribution >= 4 is 5.91 Å². The third-order valence-electron chi connectivity index (χ3n) is 3.29. The molecule has 2 nitrogen and oxygen atoms in total. The summed E-state index contributed by atoms with van der Waals surface area (Å²) in [5.74, 6) is 0.134. The quantitative estimate of drug-likeness (QED) is 0.758. The first-order valence-electron chi connectivity index (χ1n) is 4.89. The summed E-state index contributed by atoms with van der Waals surface area (Å²) in [6.45, 7) is 4.19. The van der Waals surface area contributed by atoms with Crippen molar-refractivity contribution in [3.63, 3.8) is 0 Å². The average Bonchev–Trinajstić information content (AvgIpc) is 2.71. The molecule has 2 atom stereocenters. The van der Waals surface area contributed by atoms with Crippen molar-refractivity contribution in [2.24, 2.45) is 17.1 Å². The van der Waals surface area contributed by atoms with Crippen molar-refractivity contribution in [3.8, 4) is 0 Å². The fraction of sp³-hybridized carbons (Fsp3) is 0.417. The van der Waals surface area contributed by atoms with Crippen LogP contribution >= 0.6 is 0 Å².